The predicted molar refractivity (Wildman–Crippen MR) is 81.2 cm³/mol. The molecule has 1 aromatic carbocycles. The van der Waals surface area contributed by atoms with Gasteiger partial charge in [0.15, 0.2) is 0 Å². The second-order valence-electron chi connectivity index (χ2n) is 6.10. The molecule has 1 aromatic rings. The molecule has 3 nitrogen and oxygen atoms in total. The summed E-state index contributed by atoms with van der Waals surface area (Å²) in [5.41, 5.74) is 1.69. The molecule has 0 bridgehead atoms. The van der Waals surface area contributed by atoms with Crippen molar-refractivity contribution in [3.8, 4) is 0 Å². The second kappa shape index (κ2) is 7.68. The first-order chi connectivity index (χ1) is 8.88. The van der Waals surface area contributed by atoms with Gasteiger partial charge in [0.2, 0.25) is 0 Å². The number of rotatable bonds is 7. The van der Waals surface area contributed by atoms with Crippen molar-refractivity contribution in [2.45, 2.75) is 34.2 Å². The van der Waals surface area contributed by atoms with E-state index >= 15 is 0 Å². The van der Waals surface area contributed by atoms with Gasteiger partial charge in [-0.1, -0.05) is 52.0 Å². The lowest BCUT2D eigenvalue weighted by Crippen LogP contribution is -2.33. The smallest absolute Gasteiger partial charge is 0.423 e. The Hall–Kier alpha value is -0.835. The summed E-state index contributed by atoms with van der Waals surface area (Å²) in [5, 5.41) is 18.4. The van der Waals surface area contributed by atoms with Crippen LogP contribution in [0.3, 0.4) is 0 Å². The Morgan fingerprint density at radius 1 is 1.05 bits per heavy atom. The maximum absolute atomic E-state index is 9.22. The number of nitrogens with zero attached hydrogens (tertiary/aromatic N) is 1. The number of benzene rings is 1. The monoisotopic (exact) mass is 263 g/mol. The summed E-state index contributed by atoms with van der Waals surface area (Å²) >= 11 is 0. The third kappa shape index (κ3) is 6.23. The summed E-state index contributed by atoms with van der Waals surface area (Å²) in [7, 11) is -1.39. The molecule has 0 aliphatic heterocycles. The molecule has 0 aliphatic carbocycles. The quantitative estimate of drug-likeness (QED) is 0.732. The van der Waals surface area contributed by atoms with Crippen LogP contribution in [0.4, 0.5) is 0 Å². The molecular formula is C15H26BNO2. The van der Waals surface area contributed by atoms with Crippen LogP contribution < -0.4 is 5.46 Å². The lowest BCUT2D eigenvalue weighted by Gasteiger charge is -2.26. The highest BCUT2D eigenvalue weighted by Crippen LogP contribution is 2.09. The van der Waals surface area contributed by atoms with Gasteiger partial charge in [-0.25, -0.2) is 0 Å². The Balaban J connectivity index is 2.74. The zero-order valence-corrected chi connectivity index (χ0v) is 12.5. The van der Waals surface area contributed by atoms with Gasteiger partial charge in [-0.05, 0) is 22.9 Å². The standard InChI is InChI=1S/C15H26BNO2/c1-12(2)9-17(10-13(3)4)11-14-6-5-7-15(8-14)16(18)19/h5-8,12-13,18-19H,9-11H2,1-4H3. The zero-order valence-electron chi connectivity index (χ0n) is 12.5. The Bertz CT molecular complexity index is 370. The van der Waals surface area contributed by atoms with Crippen molar-refractivity contribution in [2.75, 3.05) is 13.1 Å². The lowest BCUT2D eigenvalue weighted by atomic mass is 9.79. The molecular weight excluding hydrogens is 237 g/mol. The van der Waals surface area contributed by atoms with Crippen LogP contribution in [-0.4, -0.2) is 35.2 Å². The molecule has 0 fully saturated rings. The highest BCUT2D eigenvalue weighted by molar-refractivity contribution is 6.58. The van der Waals surface area contributed by atoms with Gasteiger partial charge in [-0.3, -0.25) is 4.90 Å². The molecule has 19 heavy (non-hydrogen) atoms. The molecule has 106 valence electrons. The molecule has 0 saturated carbocycles. The minimum Gasteiger partial charge on any atom is -0.423 e. The van der Waals surface area contributed by atoms with Crippen LogP contribution in [-0.2, 0) is 6.54 Å². The van der Waals surface area contributed by atoms with Crippen molar-refractivity contribution in [3.05, 3.63) is 29.8 Å². The highest BCUT2D eigenvalue weighted by atomic mass is 16.4. The Morgan fingerprint density at radius 3 is 2.11 bits per heavy atom. The van der Waals surface area contributed by atoms with E-state index in [9.17, 15) is 10.0 Å². The van der Waals surface area contributed by atoms with Crippen LogP contribution in [0, 0.1) is 11.8 Å². The molecule has 4 heteroatoms. The van der Waals surface area contributed by atoms with Gasteiger partial charge < -0.3 is 10.0 Å². The molecule has 0 aliphatic rings. The van der Waals surface area contributed by atoms with Crippen LogP contribution in [0.5, 0.6) is 0 Å². The van der Waals surface area contributed by atoms with Crippen molar-refractivity contribution < 1.29 is 10.0 Å². The molecule has 0 atom stereocenters. The minimum atomic E-state index is -1.39. The summed E-state index contributed by atoms with van der Waals surface area (Å²) in [5.74, 6) is 1.26. The fraction of sp³-hybridized carbons (Fsp3) is 0.600. The Morgan fingerprint density at radius 2 is 1.63 bits per heavy atom. The summed E-state index contributed by atoms with van der Waals surface area (Å²) in [4.78, 5) is 2.43. The lowest BCUT2D eigenvalue weighted by molar-refractivity contribution is 0.211. The van der Waals surface area contributed by atoms with Crippen LogP contribution in [0.1, 0.15) is 33.3 Å². The largest absolute Gasteiger partial charge is 0.488 e. The van der Waals surface area contributed by atoms with E-state index in [-0.39, 0.29) is 0 Å². The van der Waals surface area contributed by atoms with Gasteiger partial charge in [0.1, 0.15) is 0 Å². The SMILES string of the molecule is CC(C)CN(Cc1cccc(B(O)O)c1)CC(C)C. The molecule has 0 heterocycles. The normalized spacial score (nSPS) is 11.6. The van der Waals surface area contributed by atoms with Crippen LogP contribution in [0.2, 0.25) is 0 Å². The molecule has 0 unspecified atom stereocenters. The van der Waals surface area contributed by atoms with Gasteiger partial charge in [-0.2, -0.15) is 0 Å². The van der Waals surface area contributed by atoms with Crippen molar-refractivity contribution in [1.82, 2.24) is 4.90 Å². The number of hydrogen-bond donors (Lipinski definition) is 2. The minimum absolute atomic E-state index is 0.562. The first-order valence-electron chi connectivity index (χ1n) is 7.05. The first kappa shape index (κ1) is 16.2. The van der Waals surface area contributed by atoms with E-state index in [4.69, 9.17) is 0 Å². The van der Waals surface area contributed by atoms with E-state index in [1.165, 1.54) is 0 Å². The summed E-state index contributed by atoms with van der Waals surface area (Å²) in [6.45, 7) is 11.9. The molecule has 0 radical (unpaired) electrons. The van der Waals surface area contributed by atoms with Gasteiger partial charge in [0.25, 0.3) is 0 Å². The predicted octanol–water partition coefficient (Wildman–Crippen LogP) is 1.48. The molecule has 0 aromatic heterocycles. The zero-order chi connectivity index (χ0) is 14.4. The van der Waals surface area contributed by atoms with E-state index in [1.54, 1.807) is 6.07 Å². The fourth-order valence-corrected chi connectivity index (χ4v) is 2.35. The van der Waals surface area contributed by atoms with Crippen molar-refractivity contribution >= 4 is 12.6 Å². The molecule has 0 saturated heterocycles. The van der Waals surface area contributed by atoms with E-state index in [0.29, 0.717) is 17.3 Å². The van der Waals surface area contributed by atoms with E-state index in [0.717, 1.165) is 25.2 Å². The van der Waals surface area contributed by atoms with Crippen molar-refractivity contribution in [3.63, 3.8) is 0 Å². The van der Waals surface area contributed by atoms with Gasteiger partial charge in [-0.15, -0.1) is 0 Å². The second-order valence-corrected chi connectivity index (χ2v) is 6.10. The number of hydrogen-bond acceptors (Lipinski definition) is 3. The summed E-state index contributed by atoms with van der Waals surface area (Å²) < 4.78 is 0. The maximum Gasteiger partial charge on any atom is 0.488 e. The van der Waals surface area contributed by atoms with Crippen molar-refractivity contribution in [1.29, 1.82) is 0 Å². The third-order valence-corrected chi connectivity index (χ3v) is 2.90. The summed E-state index contributed by atoms with van der Waals surface area (Å²) in [6.07, 6.45) is 0. The molecule has 2 N–H and O–H groups in total. The summed E-state index contributed by atoms with van der Waals surface area (Å²) in [6, 6.07) is 7.54. The third-order valence-electron chi connectivity index (χ3n) is 2.90. The average molecular weight is 263 g/mol. The maximum atomic E-state index is 9.22. The molecule has 0 amide bonds. The Labute approximate surface area is 117 Å². The van der Waals surface area contributed by atoms with Crippen LogP contribution in [0.25, 0.3) is 0 Å². The van der Waals surface area contributed by atoms with Gasteiger partial charge in [0.05, 0.1) is 0 Å². The van der Waals surface area contributed by atoms with Crippen molar-refractivity contribution in [2.24, 2.45) is 11.8 Å². The highest BCUT2D eigenvalue weighted by Gasteiger charge is 2.13. The molecule has 0 spiro atoms. The van der Waals surface area contributed by atoms with Gasteiger partial charge in [0, 0.05) is 19.6 Å². The first-order valence-corrected chi connectivity index (χ1v) is 7.05. The topological polar surface area (TPSA) is 43.7 Å². The van der Waals surface area contributed by atoms with E-state index in [2.05, 4.69) is 32.6 Å². The van der Waals surface area contributed by atoms with E-state index in [1.807, 2.05) is 18.2 Å². The van der Waals surface area contributed by atoms with Crippen LogP contribution in [0.15, 0.2) is 24.3 Å². The Kier molecular flexibility index (Phi) is 6.56. The van der Waals surface area contributed by atoms with Crippen LogP contribution >= 0.6 is 0 Å². The van der Waals surface area contributed by atoms with E-state index < -0.39 is 7.12 Å². The molecule has 1 rings (SSSR count). The average Bonchev–Trinajstić information content (AvgIpc) is 2.27. The van der Waals surface area contributed by atoms with Gasteiger partial charge >= 0.3 is 7.12 Å². The fourth-order valence-electron chi connectivity index (χ4n) is 2.35.